The molecule has 0 aliphatic rings. The van der Waals surface area contributed by atoms with Gasteiger partial charge in [-0.25, -0.2) is 0 Å². The first-order chi connectivity index (χ1) is 7.04. The molecule has 90 valence electrons. The van der Waals surface area contributed by atoms with Crippen LogP contribution in [-0.4, -0.2) is 17.3 Å². The number of unbranched alkanes of at least 4 members (excludes halogenated alkanes) is 3. The Morgan fingerprint density at radius 1 is 1.13 bits per heavy atom. The fourth-order valence-electron chi connectivity index (χ4n) is 1.38. The molecular formula is C12H24BrNO. The number of carbonyl (C=O) groups is 1. The molecule has 0 bridgehead atoms. The summed E-state index contributed by atoms with van der Waals surface area (Å²) in [5, 5.41) is 2.90. The number of nitrogens with one attached hydrogen (secondary N) is 1. The van der Waals surface area contributed by atoms with Crippen LogP contribution in [0, 0.1) is 5.92 Å². The van der Waals surface area contributed by atoms with E-state index in [0.29, 0.717) is 0 Å². The molecule has 0 heterocycles. The van der Waals surface area contributed by atoms with Crippen LogP contribution in [-0.2, 0) is 4.79 Å². The van der Waals surface area contributed by atoms with Crippen molar-refractivity contribution in [2.75, 3.05) is 6.54 Å². The summed E-state index contributed by atoms with van der Waals surface area (Å²) < 4.78 is 0. The fourth-order valence-corrected chi connectivity index (χ4v) is 1.55. The van der Waals surface area contributed by atoms with E-state index in [1.807, 2.05) is 6.92 Å². The Hall–Kier alpha value is -0.0500. The molecule has 0 aromatic carbocycles. The van der Waals surface area contributed by atoms with Crippen molar-refractivity contribution in [2.45, 2.75) is 57.7 Å². The predicted molar refractivity (Wildman–Crippen MR) is 69.3 cm³/mol. The second-order valence-corrected chi connectivity index (χ2v) is 5.88. The largest absolute Gasteiger partial charge is 0.355 e. The molecule has 0 aliphatic carbocycles. The van der Waals surface area contributed by atoms with Crippen LogP contribution in [0.2, 0.25) is 0 Å². The first-order valence-corrected chi connectivity index (χ1v) is 6.87. The van der Waals surface area contributed by atoms with E-state index in [2.05, 4.69) is 35.1 Å². The van der Waals surface area contributed by atoms with Gasteiger partial charge in [-0.1, -0.05) is 55.5 Å². The smallest absolute Gasteiger partial charge is 0.233 e. The molecule has 2 nitrogen and oxygen atoms in total. The SMILES string of the molecule is CC(C)CCCCCCNC(=O)C(C)Br. The van der Waals surface area contributed by atoms with E-state index in [1.54, 1.807) is 0 Å². The van der Waals surface area contributed by atoms with E-state index >= 15 is 0 Å². The van der Waals surface area contributed by atoms with Crippen LogP contribution >= 0.6 is 15.9 Å². The third-order valence-corrected chi connectivity index (χ3v) is 2.78. The van der Waals surface area contributed by atoms with Crippen molar-refractivity contribution in [1.29, 1.82) is 0 Å². The topological polar surface area (TPSA) is 29.1 Å². The molecule has 1 amide bonds. The molecule has 15 heavy (non-hydrogen) atoms. The van der Waals surface area contributed by atoms with Crippen LogP contribution < -0.4 is 5.32 Å². The summed E-state index contributed by atoms with van der Waals surface area (Å²) >= 11 is 3.24. The van der Waals surface area contributed by atoms with E-state index < -0.39 is 0 Å². The van der Waals surface area contributed by atoms with Crippen LogP contribution in [0.5, 0.6) is 0 Å². The predicted octanol–water partition coefficient (Wildman–Crippen LogP) is 3.49. The minimum absolute atomic E-state index is 0.0709. The number of carbonyl (C=O) groups excluding carboxylic acids is 1. The third-order valence-electron chi connectivity index (χ3n) is 2.37. The minimum Gasteiger partial charge on any atom is -0.355 e. The van der Waals surface area contributed by atoms with Crippen LogP contribution in [0.1, 0.15) is 52.9 Å². The van der Waals surface area contributed by atoms with Gasteiger partial charge in [0.25, 0.3) is 0 Å². The average molecular weight is 278 g/mol. The average Bonchev–Trinajstić information content (AvgIpc) is 2.15. The normalized spacial score (nSPS) is 12.9. The van der Waals surface area contributed by atoms with E-state index in [1.165, 1.54) is 25.7 Å². The van der Waals surface area contributed by atoms with Crippen molar-refractivity contribution in [3.8, 4) is 0 Å². The Bertz CT molecular complexity index is 169. The van der Waals surface area contributed by atoms with E-state index in [9.17, 15) is 4.79 Å². The summed E-state index contributed by atoms with van der Waals surface area (Å²) in [6, 6.07) is 0. The first kappa shape index (κ1) is 14.9. The fraction of sp³-hybridized carbons (Fsp3) is 0.917. The maximum atomic E-state index is 11.2. The summed E-state index contributed by atoms with van der Waals surface area (Å²) in [5.74, 6) is 0.913. The van der Waals surface area contributed by atoms with Crippen molar-refractivity contribution in [3.05, 3.63) is 0 Å². The van der Waals surface area contributed by atoms with Gasteiger partial charge in [0.1, 0.15) is 0 Å². The van der Waals surface area contributed by atoms with Crippen molar-refractivity contribution < 1.29 is 4.79 Å². The number of rotatable bonds is 8. The molecule has 0 rings (SSSR count). The molecule has 0 radical (unpaired) electrons. The minimum atomic E-state index is -0.0709. The van der Waals surface area contributed by atoms with Gasteiger partial charge in [-0.05, 0) is 19.3 Å². The molecule has 0 aliphatic heterocycles. The zero-order valence-corrected chi connectivity index (χ0v) is 11.8. The zero-order chi connectivity index (χ0) is 11.7. The summed E-state index contributed by atoms with van der Waals surface area (Å²) in [4.78, 5) is 11.1. The standard InChI is InChI=1S/C12H24BrNO/c1-10(2)8-6-4-5-7-9-14-12(15)11(3)13/h10-11H,4-9H2,1-3H3,(H,14,15). The molecule has 0 saturated heterocycles. The molecule has 0 fully saturated rings. The highest BCUT2D eigenvalue weighted by Gasteiger charge is 2.06. The maximum Gasteiger partial charge on any atom is 0.233 e. The lowest BCUT2D eigenvalue weighted by atomic mass is 10.0. The van der Waals surface area contributed by atoms with Crippen molar-refractivity contribution >= 4 is 21.8 Å². The molecule has 1 unspecified atom stereocenters. The van der Waals surface area contributed by atoms with Gasteiger partial charge in [0.2, 0.25) is 5.91 Å². The number of hydrogen-bond acceptors (Lipinski definition) is 1. The summed E-state index contributed by atoms with van der Waals surface area (Å²) in [5.41, 5.74) is 0. The first-order valence-electron chi connectivity index (χ1n) is 5.95. The van der Waals surface area contributed by atoms with Gasteiger partial charge >= 0.3 is 0 Å². The van der Waals surface area contributed by atoms with Crippen molar-refractivity contribution in [1.82, 2.24) is 5.32 Å². The number of alkyl halides is 1. The van der Waals surface area contributed by atoms with Crippen molar-refractivity contribution in [2.24, 2.45) is 5.92 Å². The van der Waals surface area contributed by atoms with E-state index in [0.717, 1.165) is 18.9 Å². The van der Waals surface area contributed by atoms with E-state index in [-0.39, 0.29) is 10.7 Å². The number of hydrogen-bond donors (Lipinski definition) is 1. The molecule has 0 aromatic heterocycles. The maximum absolute atomic E-state index is 11.2. The van der Waals surface area contributed by atoms with Crippen LogP contribution in [0.25, 0.3) is 0 Å². The quantitative estimate of drug-likeness (QED) is 0.534. The Kier molecular flexibility index (Phi) is 9.17. The molecule has 1 atom stereocenters. The Morgan fingerprint density at radius 2 is 1.73 bits per heavy atom. The van der Waals surface area contributed by atoms with Crippen LogP contribution in [0.4, 0.5) is 0 Å². The molecule has 0 saturated carbocycles. The molecule has 3 heteroatoms. The Balaban J connectivity index is 3.15. The van der Waals surface area contributed by atoms with Gasteiger partial charge < -0.3 is 5.32 Å². The van der Waals surface area contributed by atoms with E-state index in [4.69, 9.17) is 0 Å². The Morgan fingerprint density at radius 3 is 2.27 bits per heavy atom. The second-order valence-electron chi connectivity index (χ2n) is 4.50. The van der Waals surface area contributed by atoms with Gasteiger partial charge in [-0.2, -0.15) is 0 Å². The second kappa shape index (κ2) is 9.20. The van der Waals surface area contributed by atoms with Gasteiger partial charge in [0, 0.05) is 6.54 Å². The van der Waals surface area contributed by atoms with Gasteiger partial charge in [0.15, 0.2) is 0 Å². The van der Waals surface area contributed by atoms with Crippen LogP contribution in [0.3, 0.4) is 0 Å². The molecule has 0 aromatic rings. The van der Waals surface area contributed by atoms with Crippen molar-refractivity contribution in [3.63, 3.8) is 0 Å². The van der Waals surface area contributed by atoms with Gasteiger partial charge in [0.05, 0.1) is 4.83 Å². The third kappa shape index (κ3) is 10.2. The summed E-state index contributed by atoms with van der Waals surface area (Å²) in [6.07, 6.45) is 6.26. The highest BCUT2D eigenvalue weighted by atomic mass is 79.9. The Labute approximate surface area is 102 Å². The highest BCUT2D eigenvalue weighted by molar-refractivity contribution is 9.10. The monoisotopic (exact) mass is 277 g/mol. The number of halogens is 1. The lowest BCUT2D eigenvalue weighted by Gasteiger charge is -2.07. The highest BCUT2D eigenvalue weighted by Crippen LogP contribution is 2.09. The lowest BCUT2D eigenvalue weighted by Crippen LogP contribution is -2.30. The summed E-state index contributed by atoms with van der Waals surface area (Å²) in [7, 11) is 0. The zero-order valence-electron chi connectivity index (χ0n) is 10.2. The van der Waals surface area contributed by atoms with Gasteiger partial charge in [-0.3, -0.25) is 4.79 Å². The van der Waals surface area contributed by atoms with Gasteiger partial charge in [-0.15, -0.1) is 0 Å². The molecule has 0 spiro atoms. The molecular weight excluding hydrogens is 254 g/mol. The molecule has 1 N–H and O–H groups in total. The summed E-state index contributed by atoms with van der Waals surface area (Å²) in [6.45, 7) is 7.18. The van der Waals surface area contributed by atoms with Crippen LogP contribution in [0.15, 0.2) is 0 Å². The lowest BCUT2D eigenvalue weighted by molar-refractivity contribution is -0.120. The number of amides is 1.